The van der Waals surface area contributed by atoms with E-state index in [1.54, 1.807) is 4.90 Å². The minimum atomic E-state index is -0.577. The molecule has 0 saturated carbocycles. The Hall–Kier alpha value is -2.42. The second-order valence-corrected chi connectivity index (χ2v) is 3.75. The van der Waals surface area contributed by atoms with Gasteiger partial charge in [0.1, 0.15) is 5.52 Å². The summed E-state index contributed by atoms with van der Waals surface area (Å²) in [6.07, 6.45) is 1.52. The van der Waals surface area contributed by atoms with E-state index in [9.17, 15) is 4.79 Å². The predicted octanol–water partition coefficient (Wildman–Crippen LogP) is -0.664. The van der Waals surface area contributed by atoms with Gasteiger partial charge in [0.2, 0.25) is 5.95 Å². The van der Waals surface area contributed by atoms with Gasteiger partial charge >= 0.3 is 0 Å². The molecule has 0 aliphatic rings. The number of imidazole rings is 1. The highest BCUT2D eigenvalue weighted by Crippen LogP contribution is 2.20. The van der Waals surface area contributed by atoms with E-state index in [1.807, 2.05) is 14.1 Å². The molecule has 2 heterocycles. The molecule has 0 unspecified atom stereocenters. The molecular weight excluding hydrogens is 238 g/mol. The highest BCUT2D eigenvalue weighted by Gasteiger charge is 2.11. The molecule has 4 N–H and O–H groups in total. The largest absolute Gasteiger partial charge is 0.361 e. The second-order valence-electron chi connectivity index (χ2n) is 3.75. The molecular formula is C9H13N7O2. The zero-order chi connectivity index (χ0) is 13.1. The van der Waals surface area contributed by atoms with E-state index >= 15 is 0 Å². The van der Waals surface area contributed by atoms with Crippen LogP contribution in [0.1, 0.15) is 0 Å². The van der Waals surface area contributed by atoms with Crippen molar-refractivity contribution >= 4 is 28.8 Å². The molecule has 2 rings (SSSR count). The number of aromatic nitrogens is 4. The third-order valence-electron chi connectivity index (χ3n) is 2.22. The van der Waals surface area contributed by atoms with E-state index in [1.165, 1.54) is 11.8 Å². The lowest BCUT2D eigenvalue weighted by atomic mass is 10.4. The first-order chi connectivity index (χ1) is 8.61. The molecule has 0 spiro atoms. The number of H-pyrrole nitrogens is 1. The number of amides is 1. The first kappa shape index (κ1) is 12.0. The molecule has 0 aliphatic carbocycles. The molecule has 9 heteroatoms. The number of hydroxylamine groups is 1. The molecule has 2 aromatic heterocycles. The number of nitrogens with one attached hydrogen (secondary N) is 3. The fourth-order valence-corrected chi connectivity index (χ4v) is 1.42. The zero-order valence-electron chi connectivity index (χ0n) is 9.93. The molecule has 0 aliphatic heterocycles. The Bertz CT molecular complexity index is 565. The SMILES string of the molecule is CN(C)c1nc(NCC(=O)NO)nc2nc[nH]c12. The molecule has 0 atom stereocenters. The summed E-state index contributed by atoms with van der Waals surface area (Å²) in [5.74, 6) is 0.346. The van der Waals surface area contributed by atoms with Gasteiger partial charge in [0.15, 0.2) is 11.5 Å². The monoisotopic (exact) mass is 251 g/mol. The van der Waals surface area contributed by atoms with E-state index < -0.39 is 5.91 Å². The van der Waals surface area contributed by atoms with Crippen LogP contribution in [0, 0.1) is 0 Å². The quantitative estimate of drug-likeness (QED) is 0.420. The highest BCUT2D eigenvalue weighted by atomic mass is 16.5. The lowest BCUT2D eigenvalue weighted by Crippen LogP contribution is -2.27. The molecule has 18 heavy (non-hydrogen) atoms. The lowest BCUT2D eigenvalue weighted by Gasteiger charge is -2.13. The first-order valence-corrected chi connectivity index (χ1v) is 5.17. The van der Waals surface area contributed by atoms with Crippen molar-refractivity contribution in [1.29, 1.82) is 0 Å². The fraction of sp³-hybridized carbons (Fsp3) is 0.333. The number of hydrogen-bond donors (Lipinski definition) is 4. The molecule has 0 radical (unpaired) electrons. The zero-order valence-corrected chi connectivity index (χ0v) is 9.93. The predicted molar refractivity (Wildman–Crippen MR) is 64.4 cm³/mol. The number of aromatic amines is 1. The van der Waals surface area contributed by atoms with Crippen molar-refractivity contribution in [2.24, 2.45) is 0 Å². The van der Waals surface area contributed by atoms with Gasteiger partial charge in [-0.25, -0.2) is 10.5 Å². The smallest absolute Gasteiger partial charge is 0.262 e. The first-order valence-electron chi connectivity index (χ1n) is 5.17. The normalized spacial score (nSPS) is 10.4. The van der Waals surface area contributed by atoms with Gasteiger partial charge in [0.25, 0.3) is 5.91 Å². The van der Waals surface area contributed by atoms with E-state index in [0.717, 1.165) is 5.52 Å². The summed E-state index contributed by atoms with van der Waals surface area (Å²) in [5, 5.41) is 11.1. The fourth-order valence-electron chi connectivity index (χ4n) is 1.42. The number of anilines is 2. The van der Waals surface area contributed by atoms with Gasteiger partial charge in [-0.05, 0) is 0 Å². The maximum absolute atomic E-state index is 10.9. The molecule has 0 bridgehead atoms. The van der Waals surface area contributed by atoms with Gasteiger partial charge in [-0.3, -0.25) is 10.0 Å². The Morgan fingerprint density at radius 2 is 2.28 bits per heavy atom. The highest BCUT2D eigenvalue weighted by molar-refractivity contribution is 5.84. The van der Waals surface area contributed by atoms with Crippen molar-refractivity contribution in [2.75, 3.05) is 30.9 Å². The van der Waals surface area contributed by atoms with E-state index in [0.29, 0.717) is 11.5 Å². The summed E-state index contributed by atoms with van der Waals surface area (Å²) in [6.45, 7) is -0.126. The Morgan fingerprint density at radius 1 is 1.50 bits per heavy atom. The average molecular weight is 251 g/mol. The van der Waals surface area contributed by atoms with Crippen LogP contribution >= 0.6 is 0 Å². The topological polar surface area (TPSA) is 119 Å². The van der Waals surface area contributed by atoms with Crippen molar-refractivity contribution in [3.05, 3.63) is 6.33 Å². The second kappa shape index (κ2) is 4.84. The molecule has 0 saturated heterocycles. The van der Waals surface area contributed by atoms with Crippen LogP contribution in [0.15, 0.2) is 6.33 Å². The Morgan fingerprint density at radius 3 is 2.94 bits per heavy atom. The molecule has 9 nitrogen and oxygen atoms in total. The molecule has 96 valence electrons. The number of rotatable bonds is 4. The van der Waals surface area contributed by atoms with Crippen molar-refractivity contribution in [3.63, 3.8) is 0 Å². The van der Waals surface area contributed by atoms with Crippen molar-refractivity contribution in [1.82, 2.24) is 25.4 Å². The molecule has 0 fully saturated rings. The number of carbonyl (C=O) groups is 1. The summed E-state index contributed by atoms with van der Waals surface area (Å²) in [4.78, 5) is 28.1. The summed E-state index contributed by atoms with van der Waals surface area (Å²) in [6, 6.07) is 0. The van der Waals surface area contributed by atoms with Crippen LogP contribution in [0.4, 0.5) is 11.8 Å². The maximum atomic E-state index is 10.9. The minimum absolute atomic E-state index is 0.126. The van der Waals surface area contributed by atoms with Gasteiger partial charge < -0.3 is 15.2 Å². The molecule has 1 amide bonds. The molecule has 2 aromatic rings. The Kier molecular flexibility index (Phi) is 3.24. The van der Waals surface area contributed by atoms with Gasteiger partial charge in [-0.2, -0.15) is 9.97 Å². The summed E-state index contributed by atoms with van der Waals surface area (Å²) >= 11 is 0. The minimum Gasteiger partial charge on any atom is -0.361 e. The van der Waals surface area contributed by atoms with Gasteiger partial charge in [0, 0.05) is 14.1 Å². The van der Waals surface area contributed by atoms with Gasteiger partial charge in [-0.1, -0.05) is 0 Å². The lowest BCUT2D eigenvalue weighted by molar-refractivity contribution is -0.127. The molecule has 0 aromatic carbocycles. The van der Waals surface area contributed by atoms with Gasteiger partial charge in [-0.15, -0.1) is 0 Å². The number of carbonyl (C=O) groups excluding carboxylic acids is 1. The van der Waals surface area contributed by atoms with E-state index in [2.05, 4.69) is 25.3 Å². The Balaban J connectivity index is 2.31. The van der Waals surface area contributed by atoms with Crippen LogP contribution in [-0.2, 0) is 4.79 Å². The Labute approximate surface area is 102 Å². The van der Waals surface area contributed by atoms with Crippen LogP contribution in [0.5, 0.6) is 0 Å². The van der Waals surface area contributed by atoms with Gasteiger partial charge in [0.05, 0.1) is 12.9 Å². The third kappa shape index (κ3) is 2.30. The summed E-state index contributed by atoms with van der Waals surface area (Å²) in [5.41, 5.74) is 2.74. The van der Waals surface area contributed by atoms with E-state index in [4.69, 9.17) is 5.21 Å². The van der Waals surface area contributed by atoms with Crippen LogP contribution < -0.4 is 15.7 Å². The van der Waals surface area contributed by atoms with Crippen molar-refractivity contribution in [2.45, 2.75) is 0 Å². The van der Waals surface area contributed by atoms with Crippen LogP contribution in [0.2, 0.25) is 0 Å². The van der Waals surface area contributed by atoms with Crippen molar-refractivity contribution < 1.29 is 10.0 Å². The van der Waals surface area contributed by atoms with Crippen molar-refractivity contribution in [3.8, 4) is 0 Å². The summed E-state index contributed by atoms with van der Waals surface area (Å²) < 4.78 is 0. The van der Waals surface area contributed by atoms with Crippen LogP contribution in [0.25, 0.3) is 11.2 Å². The third-order valence-corrected chi connectivity index (χ3v) is 2.22. The van der Waals surface area contributed by atoms with Crippen LogP contribution in [0.3, 0.4) is 0 Å². The number of fused-ring (bicyclic) bond motifs is 1. The number of nitrogens with zero attached hydrogens (tertiary/aromatic N) is 4. The number of hydrogen-bond acceptors (Lipinski definition) is 7. The average Bonchev–Trinajstić information content (AvgIpc) is 2.82. The van der Waals surface area contributed by atoms with Crippen LogP contribution in [-0.4, -0.2) is 51.7 Å². The summed E-state index contributed by atoms with van der Waals surface area (Å²) in [7, 11) is 3.68. The standard InChI is InChI=1S/C9H13N7O2/c1-16(2)8-6-7(12-4-11-6)13-9(14-8)10-3-5(17)15-18/h4,18H,3H2,1-2H3,(H,15,17)(H2,10,11,12,13,14). The van der Waals surface area contributed by atoms with E-state index in [-0.39, 0.29) is 12.5 Å². The maximum Gasteiger partial charge on any atom is 0.262 e.